The van der Waals surface area contributed by atoms with Crippen LogP contribution in [0.5, 0.6) is 5.88 Å². The average molecular weight is 457 g/mol. The molecule has 0 spiro atoms. The van der Waals surface area contributed by atoms with E-state index >= 15 is 0 Å². The van der Waals surface area contributed by atoms with Gasteiger partial charge < -0.3 is 25.2 Å². The maximum atomic E-state index is 12.8. The second-order valence-electron chi connectivity index (χ2n) is 8.23. The Morgan fingerprint density at radius 2 is 2.03 bits per heavy atom. The van der Waals surface area contributed by atoms with Gasteiger partial charge in [0.15, 0.2) is 0 Å². The fraction of sp³-hybridized carbons (Fsp3) is 0.478. The Morgan fingerprint density at radius 1 is 1.21 bits per heavy atom. The van der Waals surface area contributed by atoms with Crippen LogP contribution in [-0.4, -0.2) is 70.6 Å². The van der Waals surface area contributed by atoms with Gasteiger partial charge in [0.2, 0.25) is 11.8 Å². The van der Waals surface area contributed by atoms with Crippen LogP contribution in [0.1, 0.15) is 39.9 Å². The topological polar surface area (TPSA) is 100 Å². The number of pyridine rings is 1. The van der Waals surface area contributed by atoms with Gasteiger partial charge in [-0.25, -0.2) is 14.8 Å². The first kappa shape index (κ1) is 15.4. The third-order valence-electron chi connectivity index (χ3n) is 6.07. The van der Waals surface area contributed by atoms with Gasteiger partial charge >= 0.3 is 6.09 Å². The molecule has 3 aromatic rings. The van der Waals surface area contributed by atoms with Crippen molar-refractivity contribution in [2.24, 2.45) is 0 Å². The molecule has 10 heteroatoms. The number of amides is 1. The lowest BCUT2D eigenvalue weighted by atomic mass is 10.2. The number of hydrogen-bond donors (Lipinski definition) is 2. The molecular weight excluding hydrogens is 420 g/mol. The van der Waals surface area contributed by atoms with Gasteiger partial charge in [0, 0.05) is 72.0 Å². The summed E-state index contributed by atoms with van der Waals surface area (Å²) in [6, 6.07) is 5.30. The molecule has 10 nitrogen and oxygen atoms in total. The Labute approximate surface area is 201 Å². The highest BCUT2D eigenvalue weighted by Crippen LogP contribution is 2.37. The number of anilines is 3. The van der Waals surface area contributed by atoms with Gasteiger partial charge in [-0.2, -0.15) is 4.98 Å². The molecule has 2 fully saturated rings. The van der Waals surface area contributed by atoms with Crippen molar-refractivity contribution >= 4 is 34.6 Å². The van der Waals surface area contributed by atoms with Crippen LogP contribution in [0.25, 0.3) is 11.0 Å². The molecule has 1 saturated heterocycles. The molecule has 1 aliphatic heterocycles. The van der Waals surface area contributed by atoms with E-state index in [1.807, 2.05) is 12.1 Å². The summed E-state index contributed by atoms with van der Waals surface area (Å²) >= 11 is 0. The third kappa shape index (κ3) is 4.56. The summed E-state index contributed by atoms with van der Waals surface area (Å²) in [4.78, 5) is 28.4. The van der Waals surface area contributed by atoms with Gasteiger partial charge in [0.1, 0.15) is 11.5 Å². The second-order valence-corrected chi connectivity index (χ2v) is 8.23. The molecule has 2 N–H and O–H groups in total. The highest BCUT2D eigenvalue weighted by molar-refractivity contribution is 5.81. The number of rotatable bonds is 5. The monoisotopic (exact) mass is 456 g/mol. The lowest BCUT2D eigenvalue weighted by Crippen LogP contribution is -2.43. The molecule has 33 heavy (non-hydrogen) atoms. The van der Waals surface area contributed by atoms with Crippen LogP contribution < -0.4 is 20.3 Å². The molecule has 4 heterocycles. The highest BCUT2D eigenvalue weighted by atomic mass is 16.6. The molecule has 0 atom stereocenters. The van der Waals surface area contributed by atoms with E-state index in [1.54, 1.807) is 17.0 Å². The molecule has 3 aromatic heterocycles. The molecule has 0 unspecified atom stereocenters. The van der Waals surface area contributed by atoms with Gasteiger partial charge in [-0.1, -0.05) is 12.8 Å². The number of hydrogen-bond acceptors (Lipinski definition) is 8. The van der Waals surface area contributed by atoms with Crippen molar-refractivity contribution in [2.75, 3.05) is 50.3 Å². The van der Waals surface area contributed by atoms with Gasteiger partial charge in [0.05, 0.1) is 11.9 Å². The lowest BCUT2D eigenvalue weighted by Gasteiger charge is -2.29. The van der Waals surface area contributed by atoms with Crippen molar-refractivity contribution in [3.63, 3.8) is 0 Å². The molecule has 0 radical (unpaired) electrons. The van der Waals surface area contributed by atoms with Gasteiger partial charge in [-0.15, -0.1) is 0 Å². The van der Waals surface area contributed by atoms with Crippen molar-refractivity contribution in [3.8, 4) is 5.88 Å². The predicted molar refractivity (Wildman–Crippen MR) is 127 cm³/mol. The number of carbonyl (C=O) groups is 1. The van der Waals surface area contributed by atoms with E-state index < -0.39 is 20.0 Å². The predicted octanol–water partition coefficient (Wildman–Crippen LogP) is 3.16. The SMILES string of the molecule is [2H]C([2H])([2H])N(C(=O)Oc1cc2cnc(Nc3ccc(N4CCNCC4)cn3)nc2n1C1CCCC1)C([2H])([2H])[2H]. The number of nitrogens with zero attached hydrogens (tertiary/aromatic N) is 6. The zero-order valence-corrected chi connectivity index (χ0v) is 18.1. The molecule has 5 rings (SSSR count). The van der Waals surface area contributed by atoms with Crippen LogP contribution >= 0.6 is 0 Å². The van der Waals surface area contributed by atoms with Crippen molar-refractivity contribution in [2.45, 2.75) is 31.7 Å². The molecule has 0 aromatic carbocycles. The van der Waals surface area contributed by atoms with Crippen LogP contribution in [0.15, 0.2) is 30.6 Å². The molecule has 2 aliphatic rings. The average Bonchev–Trinajstić information content (AvgIpc) is 3.50. The standard InChI is InChI=1S/C23H30N8O2/c1-29(2)23(32)33-20-13-16-14-26-22(28-21(16)31(20)17-5-3-4-6-17)27-19-8-7-18(15-25-19)30-11-9-24-10-12-30/h7-8,13-15,17,24H,3-6,9-12H2,1-2H3,(H,25,26,27,28)/i1D3,2D3. The van der Waals surface area contributed by atoms with E-state index in [9.17, 15) is 4.79 Å². The number of carbonyl (C=O) groups excluding carboxylic acids is 1. The molecular formula is C23H30N8O2. The molecule has 1 amide bonds. The zero-order chi connectivity index (χ0) is 27.8. The molecule has 0 bridgehead atoms. The van der Waals surface area contributed by atoms with Crippen molar-refractivity contribution in [1.29, 1.82) is 0 Å². The van der Waals surface area contributed by atoms with E-state index in [0.717, 1.165) is 57.5 Å². The smallest absolute Gasteiger partial charge is 0.393 e. The fourth-order valence-corrected chi connectivity index (χ4v) is 4.46. The normalized spacial score (nSPS) is 20.3. The second kappa shape index (κ2) is 9.22. The summed E-state index contributed by atoms with van der Waals surface area (Å²) in [5.41, 5.74) is 1.51. The lowest BCUT2D eigenvalue weighted by molar-refractivity contribution is 0.167. The first-order chi connectivity index (χ1) is 18.5. The zero-order valence-electron chi connectivity index (χ0n) is 24.1. The number of ether oxygens (including phenoxy) is 1. The van der Waals surface area contributed by atoms with Crippen molar-refractivity contribution in [3.05, 3.63) is 30.6 Å². The molecule has 1 aliphatic carbocycles. The largest absolute Gasteiger partial charge is 0.415 e. The minimum absolute atomic E-state index is 0.0188. The Kier molecular flexibility index (Phi) is 4.32. The summed E-state index contributed by atoms with van der Waals surface area (Å²) in [7, 11) is 0. The number of aromatic nitrogens is 4. The summed E-state index contributed by atoms with van der Waals surface area (Å²) in [6.45, 7) is -2.74. The Hall–Kier alpha value is -3.40. The van der Waals surface area contributed by atoms with Gasteiger partial charge in [-0.3, -0.25) is 4.57 Å². The molecule has 1 saturated carbocycles. The Morgan fingerprint density at radius 3 is 2.76 bits per heavy atom. The maximum Gasteiger partial charge on any atom is 0.415 e. The van der Waals surface area contributed by atoms with Crippen LogP contribution in [0.3, 0.4) is 0 Å². The van der Waals surface area contributed by atoms with Crippen LogP contribution in [0, 0.1) is 0 Å². The van der Waals surface area contributed by atoms with E-state index in [-0.39, 0.29) is 22.8 Å². The summed E-state index contributed by atoms with van der Waals surface area (Å²) in [5.74, 6) is 0.863. The summed E-state index contributed by atoms with van der Waals surface area (Å²) in [6.07, 6.45) is 5.41. The van der Waals surface area contributed by atoms with Crippen LogP contribution in [0.4, 0.5) is 22.2 Å². The van der Waals surface area contributed by atoms with Gasteiger partial charge in [0.25, 0.3) is 0 Å². The first-order valence-electron chi connectivity index (χ1n) is 14.1. The summed E-state index contributed by atoms with van der Waals surface area (Å²) < 4.78 is 52.3. The quantitative estimate of drug-likeness (QED) is 0.604. The maximum absolute atomic E-state index is 12.8. The van der Waals surface area contributed by atoms with E-state index in [4.69, 9.17) is 13.0 Å². The van der Waals surface area contributed by atoms with Crippen molar-refractivity contribution in [1.82, 2.24) is 29.7 Å². The number of fused-ring (bicyclic) bond motifs is 1. The number of piperazine rings is 1. The van der Waals surface area contributed by atoms with Crippen LogP contribution in [-0.2, 0) is 0 Å². The Bertz CT molecular complexity index is 1300. The summed E-state index contributed by atoms with van der Waals surface area (Å²) in [5, 5.41) is 7.00. The Balaban J connectivity index is 1.43. The highest BCUT2D eigenvalue weighted by Gasteiger charge is 2.25. The van der Waals surface area contributed by atoms with Gasteiger partial charge in [-0.05, 0) is 25.0 Å². The fourth-order valence-electron chi connectivity index (χ4n) is 4.46. The van der Waals surface area contributed by atoms with E-state index in [1.165, 1.54) is 6.07 Å². The minimum atomic E-state index is -3.21. The van der Waals surface area contributed by atoms with E-state index in [0.29, 0.717) is 16.9 Å². The third-order valence-corrected chi connectivity index (χ3v) is 6.07. The van der Waals surface area contributed by atoms with Crippen molar-refractivity contribution < 1.29 is 17.8 Å². The minimum Gasteiger partial charge on any atom is -0.393 e. The van der Waals surface area contributed by atoms with E-state index in [2.05, 4.69) is 30.5 Å². The molecule has 174 valence electrons. The first-order valence-corrected chi connectivity index (χ1v) is 11.1. The van der Waals surface area contributed by atoms with Crippen LogP contribution in [0.2, 0.25) is 0 Å². The number of nitrogens with one attached hydrogen (secondary N) is 2.